The minimum absolute atomic E-state index is 0.263. The minimum atomic E-state index is 0.263. The molecule has 0 aromatic carbocycles. The Bertz CT molecular complexity index is 197. The number of halogens is 2. The Kier molecular flexibility index (Phi) is 5.87. The first kappa shape index (κ1) is 12.3. The summed E-state index contributed by atoms with van der Waals surface area (Å²) in [6, 6.07) is 0. The molecule has 1 aliphatic rings. The topological polar surface area (TPSA) is 35.2 Å². The van der Waals surface area contributed by atoms with Gasteiger partial charge in [-0.2, -0.15) is 0 Å². The summed E-state index contributed by atoms with van der Waals surface area (Å²) in [5.74, 6) is 0.489. The van der Waals surface area contributed by atoms with Gasteiger partial charge >= 0.3 is 0 Å². The van der Waals surface area contributed by atoms with Gasteiger partial charge in [-0.15, -0.1) is 0 Å². The van der Waals surface area contributed by atoms with E-state index in [4.69, 9.17) is 33.7 Å². The number of ether oxygens (including phenoxy) is 1. The van der Waals surface area contributed by atoms with E-state index in [1.165, 1.54) is 24.8 Å². The SMILES string of the molecule is NCC1CCCCC1OCC(Cl)=CCl. The minimum Gasteiger partial charge on any atom is -0.372 e. The molecule has 0 bridgehead atoms. The summed E-state index contributed by atoms with van der Waals surface area (Å²) < 4.78 is 5.67. The lowest BCUT2D eigenvalue weighted by molar-refractivity contribution is 0.00581. The molecule has 0 aromatic heterocycles. The van der Waals surface area contributed by atoms with Crippen molar-refractivity contribution in [2.45, 2.75) is 31.8 Å². The van der Waals surface area contributed by atoms with Crippen LogP contribution in [0.3, 0.4) is 0 Å². The normalized spacial score (nSPS) is 29.2. The van der Waals surface area contributed by atoms with Gasteiger partial charge in [-0.3, -0.25) is 0 Å². The quantitative estimate of drug-likeness (QED) is 0.817. The fourth-order valence-electron chi connectivity index (χ4n) is 1.88. The molecule has 1 fully saturated rings. The Morgan fingerprint density at radius 1 is 1.43 bits per heavy atom. The van der Waals surface area contributed by atoms with Crippen LogP contribution in [0.15, 0.2) is 10.6 Å². The zero-order chi connectivity index (χ0) is 10.4. The van der Waals surface area contributed by atoms with Crippen molar-refractivity contribution in [1.82, 2.24) is 0 Å². The Labute approximate surface area is 95.4 Å². The molecular formula is C10H17Cl2NO. The van der Waals surface area contributed by atoms with Gasteiger partial charge in [0.1, 0.15) is 0 Å². The molecule has 0 aliphatic heterocycles. The second-order valence-corrected chi connectivity index (χ2v) is 4.39. The predicted molar refractivity (Wildman–Crippen MR) is 60.5 cm³/mol. The van der Waals surface area contributed by atoms with Gasteiger partial charge in [-0.1, -0.05) is 36.0 Å². The molecule has 82 valence electrons. The molecule has 0 aromatic rings. The Balaban J connectivity index is 2.33. The molecule has 14 heavy (non-hydrogen) atoms. The van der Waals surface area contributed by atoms with E-state index in [1.54, 1.807) is 0 Å². The Hall–Kier alpha value is 0.240. The lowest BCUT2D eigenvalue weighted by Crippen LogP contribution is -2.33. The van der Waals surface area contributed by atoms with E-state index in [-0.39, 0.29) is 6.10 Å². The summed E-state index contributed by atoms with van der Waals surface area (Å²) in [7, 11) is 0. The summed E-state index contributed by atoms with van der Waals surface area (Å²) in [4.78, 5) is 0. The van der Waals surface area contributed by atoms with Crippen molar-refractivity contribution in [1.29, 1.82) is 0 Å². The molecule has 1 saturated carbocycles. The van der Waals surface area contributed by atoms with E-state index < -0.39 is 0 Å². The first-order valence-electron chi connectivity index (χ1n) is 5.04. The second kappa shape index (κ2) is 6.67. The maximum Gasteiger partial charge on any atom is 0.0835 e. The molecule has 1 aliphatic carbocycles. The maximum absolute atomic E-state index is 5.75. The lowest BCUT2D eigenvalue weighted by atomic mass is 9.86. The van der Waals surface area contributed by atoms with Crippen LogP contribution in [0.2, 0.25) is 0 Å². The number of hydrogen-bond acceptors (Lipinski definition) is 2. The van der Waals surface area contributed by atoms with Crippen molar-refractivity contribution in [3.8, 4) is 0 Å². The molecule has 2 N–H and O–H groups in total. The summed E-state index contributed by atoms with van der Waals surface area (Å²) in [5, 5.41) is 0.549. The molecule has 4 heteroatoms. The largest absolute Gasteiger partial charge is 0.372 e. The van der Waals surface area contributed by atoms with Crippen molar-refractivity contribution >= 4 is 23.2 Å². The van der Waals surface area contributed by atoms with Crippen LogP contribution in [0.4, 0.5) is 0 Å². The van der Waals surface area contributed by atoms with Gasteiger partial charge in [0.2, 0.25) is 0 Å². The van der Waals surface area contributed by atoms with E-state index in [2.05, 4.69) is 0 Å². The Morgan fingerprint density at radius 3 is 2.79 bits per heavy atom. The zero-order valence-corrected chi connectivity index (χ0v) is 9.73. The summed E-state index contributed by atoms with van der Waals surface area (Å²) in [6.07, 6.45) is 5.01. The van der Waals surface area contributed by atoms with Crippen LogP contribution in [0.25, 0.3) is 0 Å². The van der Waals surface area contributed by atoms with Crippen LogP contribution in [0.5, 0.6) is 0 Å². The van der Waals surface area contributed by atoms with E-state index >= 15 is 0 Å². The molecule has 0 amide bonds. The average Bonchev–Trinajstić information content (AvgIpc) is 2.26. The van der Waals surface area contributed by atoms with Crippen molar-refractivity contribution in [2.75, 3.05) is 13.2 Å². The van der Waals surface area contributed by atoms with Gasteiger partial charge in [0.05, 0.1) is 17.7 Å². The third-order valence-electron chi connectivity index (χ3n) is 2.70. The highest BCUT2D eigenvalue weighted by atomic mass is 35.5. The van der Waals surface area contributed by atoms with Crippen LogP contribution in [0.1, 0.15) is 25.7 Å². The number of nitrogens with two attached hydrogens (primary N) is 1. The highest BCUT2D eigenvalue weighted by molar-refractivity contribution is 6.36. The summed E-state index contributed by atoms with van der Waals surface area (Å²) in [5.41, 5.74) is 7.03. The molecule has 0 radical (unpaired) electrons. The van der Waals surface area contributed by atoms with Crippen LogP contribution in [-0.2, 0) is 4.74 Å². The Morgan fingerprint density at radius 2 is 2.14 bits per heavy atom. The average molecular weight is 238 g/mol. The molecule has 2 atom stereocenters. The van der Waals surface area contributed by atoms with Crippen LogP contribution in [0, 0.1) is 5.92 Å². The molecule has 0 saturated heterocycles. The van der Waals surface area contributed by atoms with Crippen LogP contribution >= 0.6 is 23.2 Å². The summed E-state index contributed by atoms with van der Waals surface area (Å²) in [6.45, 7) is 1.11. The molecule has 0 spiro atoms. The highest BCUT2D eigenvalue weighted by Crippen LogP contribution is 2.26. The van der Waals surface area contributed by atoms with Crippen molar-refractivity contribution < 1.29 is 4.74 Å². The van der Waals surface area contributed by atoms with Crippen molar-refractivity contribution in [3.05, 3.63) is 10.6 Å². The molecule has 2 nitrogen and oxygen atoms in total. The first-order chi connectivity index (χ1) is 6.77. The molecule has 1 rings (SSSR count). The van der Waals surface area contributed by atoms with Crippen LogP contribution in [-0.4, -0.2) is 19.3 Å². The number of hydrogen-bond donors (Lipinski definition) is 1. The molecule has 0 heterocycles. The fraction of sp³-hybridized carbons (Fsp3) is 0.800. The van der Waals surface area contributed by atoms with Crippen molar-refractivity contribution in [3.63, 3.8) is 0 Å². The van der Waals surface area contributed by atoms with Gasteiger partial charge in [0.25, 0.3) is 0 Å². The third kappa shape index (κ3) is 3.77. The van der Waals surface area contributed by atoms with E-state index in [9.17, 15) is 0 Å². The van der Waals surface area contributed by atoms with E-state index in [0.717, 1.165) is 6.42 Å². The maximum atomic E-state index is 5.75. The second-order valence-electron chi connectivity index (χ2n) is 3.69. The van der Waals surface area contributed by atoms with Gasteiger partial charge < -0.3 is 10.5 Å². The predicted octanol–water partition coefficient (Wildman–Crippen LogP) is 2.84. The standard InChI is InChI=1S/C10H17Cl2NO/c11-5-9(12)7-14-10-4-2-1-3-8(10)6-13/h5,8,10H,1-4,6-7,13H2. The zero-order valence-electron chi connectivity index (χ0n) is 8.22. The smallest absolute Gasteiger partial charge is 0.0835 e. The van der Waals surface area contributed by atoms with Crippen LogP contribution < -0.4 is 5.73 Å². The fourth-order valence-corrected chi connectivity index (χ4v) is 2.01. The summed E-state index contributed by atoms with van der Waals surface area (Å²) >= 11 is 11.2. The first-order valence-corrected chi connectivity index (χ1v) is 5.85. The highest BCUT2D eigenvalue weighted by Gasteiger charge is 2.24. The van der Waals surface area contributed by atoms with E-state index in [1.807, 2.05) is 0 Å². The monoisotopic (exact) mass is 237 g/mol. The molecular weight excluding hydrogens is 221 g/mol. The van der Waals surface area contributed by atoms with Crippen molar-refractivity contribution in [2.24, 2.45) is 11.7 Å². The lowest BCUT2D eigenvalue weighted by Gasteiger charge is -2.30. The van der Waals surface area contributed by atoms with Gasteiger partial charge in [-0.05, 0) is 25.3 Å². The molecule has 2 unspecified atom stereocenters. The van der Waals surface area contributed by atoms with Gasteiger partial charge in [0, 0.05) is 5.54 Å². The third-order valence-corrected chi connectivity index (χ3v) is 3.29. The number of rotatable bonds is 4. The van der Waals surface area contributed by atoms with Gasteiger partial charge in [-0.25, -0.2) is 0 Å². The van der Waals surface area contributed by atoms with Gasteiger partial charge in [0.15, 0.2) is 0 Å². The van der Waals surface area contributed by atoms with E-state index in [0.29, 0.717) is 24.1 Å².